The molecule has 1 unspecified atom stereocenters. The maximum absolute atomic E-state index is 12.4. The fourth-order valence-corrected chi connectivity index (χ4v) is 5.57. The highest BCUT2D eigenvalue weighted by molar-refractivity contribution is 7.99. The smallest absolute Gasteiger partial charge is 0.227 e. The summed E-state index contributed by atoms with van der Waals surface area (Å²) in [6, 6.07) is 10.9. The number of amides is 1. The van der Waals surface area contributed by atoms with Crippen molar-refractivity contribution in [3.8, 4) is 0 Å². The van der Waals surface area contributed by atoms with Crippen molar-refractivity contribution in [2.24, 2.45) is 5.92 Å². The Labute approximate surface area is 155 Å². The fourth-order valence-electron chi connectivity index (χ4n) is 4.49. The Morgan fingerprint density at radius 2 is 1.72 bits per heavy atom. The molecule has 0 spiro atoms. The second kappa shape index (κ2) is 8.11. The number of para-hydroxylation sites is 1. The minimum atomic E-state index is 0.287. The summed E-state index contributed by atoms with van der Waals surface area (Å²) in [4.78, 5) is 19.7. The summed E-state index contributed by atoms with van der Waals surface area (Å²) >= 11 is 2.11. The quantitative estimate of drug-likeness (QED) is 0.826. The van der Waals surface area contributed by atoms with Gasteiger partial charge in [-0.2, -0.15) is 11.8 Å². The zero-order valence-corrected chi connectivity index (χ0v) is 15.8. The topological polar surface area (TPSA) is 26.8 Å². The van der Waals surface area contributed by atoms with Gasteiger partial charge in [-0.05, 0) is 42.4 Å². The zero-order valence-electron chi connectivity index (χ0n) is 15.0. The predicted molar refractivity (Wildman–Crippen MR) is 105 cm³/mol. The van der Waals surface area contributed by atoms with E-state index in [-0.39, 0.29) is 5.91 Å². The van der Waals surface area contributed by atoms with Gasteiger partial charge in [-0.25, -0.2) is 0 Å². The number of carbonyl (C=O) groups excluding carboxylic acids is 1. The summed E-state index contributed by atoms with van der Waals surface area (Å²) in [5, 5.41) is 0. The van der Waals surface area contributed by atoms with Crippen molar-refractivity contribution < 1.29 is 4.79 Å². The number of hydrogen-bond acceptors (Lipinski definition) is 4. The first-order valence-corrected chi connectivity index (χ1v) is 10.8. The molecule has 3 saturated heterocycles. The van der Waals surface area contributed by atoms with E-state index in [1.54, 1.807) is 0 Å². The van der Waals surface area contributed by atoms with Crippen molar-refractivity contribution in [3.63, 3.8) is 0 Å². The third-order valence-corrected chi connectivity index (χ3v) is 6.95. The maximum atomic E-state index is 12.4. The standard InChI is InChI=1S/C20H29N3OS/c24-20-14-17(16-23(20)19-4-2-1-3-5-19)15-21-8-10-22(11-9-21)18-6-12-25-13-7-18/h1-5,17-18H,6-16H2. The lowest BCUT2D eigenvalue weighted by Gasteiger charge is -2.41. The molecule has 3 aliphatic heterocycles. The van der Waals surface area contributed by atoms with E-state index in [0.29, 0.717) is 12.3 Å². The third kappa shape index (κ3) is 4.21. The number of anilines is 1. The largest absolute Gasteiger partial charge is 0.312 e. The molecule has 3 aliphatic rings. The summed E-state index contributed by atoms with van der Waals surface area (Å²) in [7, 11) is 0. The zero-order chi connectivity index (χ0) is 17.1. The summed E-state index contributed by atoms with van der Waals surface area (Å²) in [5.41, 5.74) is 1.05. The second-order valence-corrected chi connectivity index (χ2v) is 8.81. The lowest BCUT2D eigenvalue weighted by atomic mass is 10.1. The van der Waals surface area contributed by atoms with Gasteiger partial charge in [0.15, 0.2) is 0 Å². The van der Waals surface area contributed by atoms with Gasteiger partial charge >= 0.3 is 0 Å². The predicted octanol–water partition coefficient (Wildman–Crippen LogP) is 2.55. The fraction of sp³-hybridized carbons (Fsp3) is 0.650. The van der Waals surface area contributed by atoms with Crippen molar-refractivity contribution >= 4 is 23.4 Å². The summed E-state index contributed by atoms with van der Waals surface area (Å²) in [6.45, 7) is 6.70. The van der Waals surface area contributed by atoms with E-state index in [0.717, 1.165) is 24.8 Å². The van der Waals surface area contributed by atoms with Gasteiger partial charge in [0.2, 0.25) is 5.91 Å². The van der Waals surface area contributed by atoms with Crippen LogP contribution in [0.15, 0.2) is 30.3 Å². The molecule has 3 heterocycles. The van der Waals surface area contributed by atoms with Crippen molar-refractivity contribution in [2.75, 3.05) is 55.7 Å². The summed E-state index contributed by atoms with van der Waals surface area (Å²) in [6.07, 6.45) is 3.44. The van der Waals surface area contributed by atoms with Gasteiger partial charge in [0.05, 0.1) is 0 Å². The number of thioether (sulfide) groups is 1. The normalized spacial score (nSPS) is 27.1. The number of carbonyl (C=O) groups is 1. The van der Waals surface area contributed by atoms with Gasteiger partial charge in [-0.1, -0.05) is 18.2 Å². The maximum Gasteiger partial charge on any atom is 0.227 e. The molecule has 1 amide bonds. The SMILES string of the molecule is O=C1CC(CN2CCN(C3CCSCC3)CC2)CN1c1ccccc1. The van der Waals surface area contributed by atoms with Crippen molar-refractivity contribution in [1.82, 2.24) is 9.80 Å². The van der Waals surface area contributed by atoms with Crippen LogP contribution in [0.1, 0.15) is 19.3 Å². The van der Waals surface area contributed by atoms with Crippen LogP contribution in [-0.2, 0) is 4.79 Å². The molecular formula is C20H29N3OS. The van der Waals surface area contributed by atoms with Crippen LogP contribution in [0.3, 0.4) is 0 Å². The van der Waals surface area contributed by atoms with E-state index < -0.39 is 0 Å². The molecule has 0 saturated carbocycles. The van der Waals surface area contributed by atoms with Crippen LogP contribution in [0.2, 0.25) is 0 Å². The molecule has 0 aromatic heterocycles. The molecule has 0 radical (unpaired) electrons. The van der Waals surface area contributed by atoms with Crippen LogP contribution in [0.5, 0.6) is 0 Å². The van der Waals surface area contributed by atoms with Gasteiger partial charge in [0.1, 0.15) is 0 Å². The molecule has 0 aliphatic carbocycles. The molecule has 0 N–H and O–H groups in total. The lowest BCUT2D eigenvalue weighted by molar-refractivity contribution is -0.117. The van der Waals surface area contributed by atoms with Gasteiger partial charge in [-0.15, -0.1) is 0 Å². The van der Waals surface area contributed by atoms with Crippen LogP contribution >= 0.6 is 11.8 Å². The van der Waals surface area contributed by atoms with Crippen LogP contribution in [0.25, 0.3) is 0 Å². The second-order valence-electron chi connectivity index (χ2n) is 7.59. The van der Waals surface area contributed by atoms with Gasteiger partial charge in [0, 0.05) is 57.4 Å². The van der Waals surface area contributed by atoms with Crippen LogP contribution in [0.4, 0.5) is 5.69 Å². The Morgan fingerprint density at radius 1 is 1.00 bits per heavy atom. The number of nitrogens with zero attached hydrogens (tertiary/aromatic N) is 3. The van der Waals surface area contributed by atoms with E-state index in [2.05, 4.69) is 21.6 Å². The van der Waals surface area contributed by atoms with Gasteiger partial charge in [-0.3, -0.25) is 9.69 Å². The Kier molecular flexibility index (Phi) is 5.63. The molecule has 1 atom stereocenters. The van der Waals surface area contributed by atoms with E-state index in [1.165, 1.54) is 50.5 Å². The Bertz CT molecular complexity index is 568. The lowest BCUT2D eigenvalue weighted by Crippen LogP contribution is -2.52. The minimum Gasteiger partial charge on any atom is -0.312 e. The van der Waals surface area contributed by atoms with Crippen molar-refractivity contribution in [3.05, 3.63) is 30.3 Å². The van der Waals surface area contributed by atoms with Crippen LogP contribution < -0.4 is 4.90 Å². The third-order valence-electron chi connectivity index (χ3n) is 5.90. The molecule has 4 nitrogen and oxygen atoms in total. The first-order valence-electron chi connectivity index (χ1n) is 9.69. The molecule has 3 fully saturated rings. The average molecular weight is 360 g/mol. The molecular weight excluding hydrogens is 330 g/mol. The van der Waals surface area contributed by atoms with Crippen LogP contribution in [-0.4, -0.2) is 72.5 Å². The van der Waals surface area contributed by atoms with E-state index in [9.17, 15) is 4.79 Å². The number of piperazine rings is 1. The van der Waals surface area contributed by atoms with E-state index in [1.807, 2.05) is 35.2 Å². The number of rotatable bonds is 4. The molecule has 5 heteroatoms. The first kappa shape index (κ1) is 17.4. The Balaban J connectivity index is 1.26. The van der Waals surface area contributed by atoms with Crippen LogP contribution in [0, 0.1) is 5.92 Å². The van der Waals surface area contributed by atoms with Crippen molar-refractivity contribution in [1.29, 1.82) is 0 Å². The van der Waals surface area contributed by atoms with E-state index in [4.69, 9.17) is 0 Å². The summed E-state index contributed by atoms with van der Waals surface area (Å²) in [5.74, 6) is 3.44. The molecule has 1 aromatic rings. The minimum absolute atomic E-state index is 0.287. The van der Waals surface area contributed by atoms with Gasteiger partial charge in [0.25, 0.3) is 0 Å². The molecule has 136 valence electrons. The molecule has 1 aromatic carbocycles. The number of benzene rings is 1. The monoisotopic (exact) mass is 359 g/mol. The highest BCUT2D eigenvalue weighted by Crippen LogP contribution is 2.26. The Morgan fingerprint density at radius 3 is 2.44 bits per heavy atom. The van der Waals surface area contributed by atoms with Gasteiger partial charge < -0.3 is 9.80 Å². The molecule has 4 rings (SSSR count). The Hall–Kier alpha value is -1.04. The molecule has 0 bridgehead atoms. The number of hydrogen-bond donors (Lipinski definition) is 0. The summed E-state index contributed by atoms with van der Waals surface area (Å²) < 4.78 is 0. The highest BCUT2D eigenvalue weighted by atomic mass is 32.2. The molecule has 25 heavy (non-hydrogen) atoms. The van der Waals surface area contributed by atoms with E-state index >= 15 is 0 Å². The average Bonchev–Trinajstić information content (AvgIpc) is 3.04. The van der Waals surface area contributed by atoms with Crippen molar-refractivity contribution in [2.45, 2.75) is 25.3 Å². The first-order chi connectivity index (χ1) is 12.3. The highest BCUT2D eigenvalue weighted by Gasteiger charge is 2.33.